The van der Waals surface area contributed by atoms with E-state index < -0.39 is 0 Å². The largest absolute Gasteiger partial charge is 0.0622 e. The van der Waals surface area contributed by atoms with Crippen LogP contribution in [0, 0.1) is 13.8 Å². The number of rotatable bonds is 4. The van der Waals surface area contributed by atoms with Gasteiger partial charge in [-0.1, -0.05) is 163 Å². The monoisotopic (exact) mass is 488 g/mol. The Labute approximate surface area is 226 Å². The molecule has 6 rings (SSSR count). The highest BCUT2D eigenvalue weighted by molar-refractivity contribution is 5.72. The van der Waals surface area contributed by atoms with Crippen molar-refractivity contribution in [2.75, 3.05) is 0 Å². The van der Waals surface area contributed by atoms with Gasteiger partial charge in [-0.05, 0) is 63.9 Å². The van der Waals surface area contributed by atoms with Gasteiger partial charge in [-0.2, -0.15) is 0 Å². The second kappa shape index (κ2) is 12.0. The average molecular weight is 489 g/mol. The first-order chi connectivity index (χ1) is 18.7. The Balaban J connectivity index is 0.000000155. The zero-order chi connectivity index (χ0) is 26.2. The summed E-state index contributed by atoms with van der Waals surface area (Å²) < 4.78 is 0. The van der Waals surface area contributed by atoms with Crippen LogP contribution in [0.15, 0.2) is 158 Å². The molecule has 0 aromatic heterocycles. The van der Waals surface area contributed by atoms with Crippen molar-refractivity contribution >= 4 is 0 Å². The van der Waals surface area contributed by atoms with Gasteiger partial charge in [-0.3, -0.25) is 0 Å². The number of benzene rings is 6. The number of hydrogen-bond donors (Lipinski definition) is 0. The molecule has 0 amide bonds. The van der Waals surface area contributed by atoms with E-state index in [4.69, 9.17) is 0 Å². The van der Waals surface area contributed by atoms with Gasteiger partial charge in [0.25, 0.3) is 0 Å². The molecule has 0 heterocycles. The molecular weight excluding hydrogens is 456 g/mol. The normalized spacial score (nSPS) is 10.4. The van der Waals surface area contributed by atoms with Gasteiger partial charge in [0.2, 0.25) is 0 Å². The van der Waals surface area contributed by atoms with Gasteiger partial charge >= 0.3 is 0 Å². The van der Waals surface area contributed by atoms with Gasteiger partial charge in [0.05, 0.1) is 0 Å². The maximum atomic E-state index is 2.22. The molecule has 0 N–H and O–H groups in total. The Bertz CT molecular complexity index is 1580. The van der Waals surface area contributed by atoms with Crippen molar-refractivity contribution in [1.82, 2.24) is 0 Å². The third kappa shape index (κ3) is 6.17. The van der Waals surface area contributed by atoms with Crippen LogP contribution in [0.2, 0.25) is 0 Å². The highest BCUT2D eigenvalue weighted by Gasteiger charge is 2.02. The molecule has 0 heteroatoms. The molecule has 0 atom stereocenters. The minimum atomic E-state index is 1.26. The summed E-state index contributed by atoms with van der Waals surface area (Å²) in [4.78, 5) is 0. The Hall–Kier alpha value is -4.68. The van der Waals surface area contributed by atoms with Crippen LogP contribution in [0.25, 0.3) is 44.5 Å². The second-order valence-corrected chi connectivity index (χ2v) is 9.57. The molecule has 184 valence electrons. The minimum absolute atomic E-state index is 1.26. The summed E-state index contributed by atoms with van der Waals surface area (Å²) in [6.07, 6.45) is 0. The number of hydrogen-bond acceptors (Lipinski definition) is 0. The first-order valence-electron chi connectivity index (χ1n) is 13.1. The van der Waals surface area contributed by atoms with Crippen molar-refractivity contribution in [3.05, 3.63) is 169 Å². The van der Waals surface area contributed by atoms with Crippen LogP contribution in [0.1, 0.15) is 11.1 Å². The predicted molar refractivity (Wildman–Crippen MR) is 164 cm³/mol. The zero-order valence-corrected chi connectivity index (χ0v) is 22.0. The fourth-order valence-corrected chi connectivity index (χ4v) is 4.68. The van der Waals surface area contributed by atoms with Crippen molar-refractivity contribution in [2.45, 2.75) is 13.8 Å². The first-order valence-corrected chi connectivity index (χ1v) is 13.1. The molecule has 0 fully saturated rings. The summed E-state index contributed by atoms with van der Waals surface area (Å²) in [7, 11) is 0. The van der Waals surface area contributed by atoms with E-state index in [0.717, 1.165) is 0 Å². The van der Waals surface area contributed by atoms with Crippen molar-refractivity contribution in [3.63, 3.8) is 0 Å². The van der Waals surface area contributed by atoms with Crippen LogP contribution >= 0.6 is 0 Å². The van der Waals surface area contributed by atoms with E-state index in [1.54, 1.807) is 0 Å². The Kier molecular flexibility index (Phi) is 7.92. The van der Waals surface area contributed by atoms with Crippen LogP contribution in [0.4, 0.5) is 0 Å². The average Bonchev–Trinajstić information content (AvgIpc) is 2.99. The van der Waals surface area contributed by atoms with Crippen LogP contribution in [-0.2, 0) is 0 Å². The molecule has 0 saturated heterocycles. The van der Waals surface area contributed by atoms with Gasteiger partial charge < -0.3 is 0 Å². The topological polar surface area (TPSA) is 0 Å². The van der Waals surface area contributed by atoms with Crippen LogP contribution in [-0.4, -0.2) is 0 Å². The van der Waals surface area contributed by atoms with E-state index >= 15 is 0 Å². The summed E-state index contributed by atoms with van der Waals surface area (Å²) in [5, 5.41) is 0. The van der Waals surface area contributed by atoms with Crippen LogP contribution in [0.5, 0.6) is 0 Å². The molecule has 0 nitrogen and oxygen atoms in total. The summed E-state index contributed by atoms with van der Waals surface area (Å²) in [6, 6.07) is 55.6. The molecule has 0 spiro atoms. The maximum Gasteiger partial charge on any atom is -0.0155 e. The molecule has 0 saturated carbocycles. The molecular formula is C38H32. The third-order valence-corrected chi connectivity index (χ3v) is 6.79. The summed E-state index contributed by atoms with van der Waals surface area (Å²) in [6.45, 7) is 4.28. The van der Waals surface area contributed by atoms with E-state index in [-0.39, 0.29) is 0 Å². The molecule has 0 radical (unpaired) electrons. The summed E-state index contributed by atoms with van der Waals surface area (Å²) in [5.74, 6) is 0. The molecule has 0 aliphatic carbocycles. The molecule has 6 aromatic rings. The lowest BCUT2D eigenvalue weighted by atomic mass is 9.98. The lowest BCUT2D eigenvalue weighted by Gasteiger charge is -2.07. The van der Waals surface area contributed by atoms with E-state index in [2.05, 4.69) is 159 Å². The summed E-state index contributed by atoms with van der Waals surface area (Å²) in [5.41, 5.74) is 12.8. The van der Waals surface area contributed by atoms with Gasteiger partial charge in [0.1, 0.15) is 0 Å². The lowest BCUT2D eigenvalue weighted by molar-refractivity contribution is 1.46. The van der Waals surface area contributed by atoms with Crippen molar-refractivity contribution in [1.29, 1.82) is 0 Å². The molecule has 0 aliphatic rings. The third-order valence-electron chi connectivity index (χ3n) is 6.79. The van der Waals surface area contributed by atoms with Gasteiger partial charge in [-0.15, -0.1) is 0 Å². The van der Waals surface area contributed by atoms with Gasteiger partial charge in [-0.25, -0.2) is 0 Å². The molecule has 6 aromatic carbocycles. The Morgan fingerprint density at radius 3 is 1.18 bits per heavy atom. The predicted octanol–water partition coefficient (Wildman–Crippen LogP) is 10.7. The second-order valence-electron chi connectivity index (χ2n) is 9.57. The van der Waals surface area contributed by atoms with E-state index in [9.17, 15) is 0 Å². The fourth-order valence-electron chi connectivity index (χ4n) is 4.68. The molecule has 0 unspecified atom stereocenters. The standard InChI is InChI=1S/2C19H16/c1-15-7-5-6-10-19(15)18-13-11-17(12-14-18)16-8-3-2-4-9-16;1-15-6-5-9-19(14-15)18-12-10-17(11-13-18)16-7-3-2-4-8-16/h2*2-14H,1H3. The summed E-state index contributed by atoms with van der Waals surface area (Å²) >= 11 is 0. The smallest absolute Gasteiger partial charge is 0.0155 e. The number of aryl methyl sites for hydroxylation is 2. The fraction of sp³-hybridized carbons (Fsp3) is 0.0526. The van der Waals surface area contributed by atoms with Gasteiger partial charge in [0.15, 0.2) is 0 Å². The van der Waals surface area contributed by atoms with Gasteiger partial charge in [0, 0.05) is 0 Å². The van der Waals surface area contributed by atoms with Crippen molar-refractivity contribution in [2.24, 2.45) is 0 Å². The van der Waals surface area contributed by atoms with E-state index in [0.29, 0.717) is 0 Å². The maximum absolute atomic E-state index is 2.22. The van der Waals surface area contributed by atoms with Crippen LogP contribution < -0.4 is 0 Å². The van der Waals surface area contributed by atoms with Crippen molar-refractivity contribution < 1.29 is 0 Å². The highest BCUT2D eigenvalue weighted by atomic mass is 14.1. The van der Waals surface area contributed by atoms with E-state index in [1.807, 2.05) is 12.1 Å². The van der Waals surface area contributed by atoms with Crippen molar-refractivity contribution in [3.8, 4) is 44.5 Å². The van der Waals surface area contributed by atoms with Crippen LogP contribution in [0.3, 0.4) is 0 Å². The first kappa shape index (κ1) is 25.0. The molecule has 0 aliphatic heterocycles. The van der Waals surface area contributed by atoms with E-state index in [1.165, 1.54) is 55.6 Å². The lowest BCUT2D eigenvalue weighted by Crippen LogP contribution is -1.83. The zero-order valence-electron chi connectivity index (χ0n) is 22.0. The Morgan fingerprint density at radius 1 is 0.289 bits per heavy atom. The Morgan fingerprint density at radius 2 is 0.684 bits per heavy atom. The highest BCUT2D eigenvalue weighted by Crippen LogP contribution is 2.27. The SMILES string of the molecule is Cc1cccc(-c2ccc(-c3ccccc3)cc2)c1.Cc1ccccc1-c1ccc(-c2ccccc2)cc1. The molecule has 38 heavy (non-hydrogen) atoms. The minimum Gasteiger partial charge on any atom is -0.0622 e. The quantitative estimate of drug-likeness (QED) is 0.231. The molecule has 0 bridgehead atoms.